The van der Waals surface area contributed by atoms with E-state index in [0.717, 1.165) is 35.0 Å². The van der Waals surface area contributed by atoms with E-state index in [1.165, 1.54) is 17.4 Å². The number of hydrogen-bond donors (Lipinski definition) is 1. The zero-order valence-electron chi connectivity index (χ0n) is 11.4. The van der Waals surface area contributed by atoms with Gasteiger partial charge in [-0.2, -0.15) is 0 Å². The first-order valence-electron chi connectivity index (χ1n) is 6.35. The van der Waals surface area contributed by atoms with Crippen molar-refractivity contribution in [3.63, 3.8) is 0 Å². The lowest BCUT2D eigenvalue weighted by molar-refractivity contribution is -0.385. The van der Waals surface area contributed by atoms with E-state index >= 15 is 0 Å². The van der Waals surface area contributed by atoms with Crippen molar-refractivity contribution in [3.8, 4) is 10.6 Å². The Morgan fingerprint density at radius 3 is 2.90 bits per heavy atom. The number of aromatic nitrogens is 2. The van der Waals surface area contributed by atoms with Crippen molar-refractivity contribution in [1.29, 1.82) is 0 Å². The minimum absolute atomic E-state index is 0.120. The minimum Gasteiger partial charge on any atom is -0.320 e. The Morgan fingerprint density at radius 2 is 2.20 bits per heavy atom. The highest BCUT2D eigenvalue weighted by Crippen LogP contribution is 2.31. The van der Waals surface area contributed by atoms with E-state index in [0.29, 0.717) is 5.56 Å². The summed E-state index contributed by atoms with van der Waals surface area (Å²) in [6, 6.07) is 5.04. The first kappa shape index (κ1) is 14.5. The monoisotopic (exact) mass is 292 g/mol. The topological polar surface area (TPSA) is 81.0 Å². The molecular weight excluding hydrogens is 276 g/mol. The smallest absolute Gasteiger partial charge is 0.273 e. The molecule has 1 aromatic carbocycles. The second-order valence-corrected chi connectivity index (χ2v) is 5.48. The van der Waals surface area contributed by atoms with Crippen LogP contribution in [-0.2, 0) is 6.42 Å². The predicted molar refractivity (Wildman–Crippen MR) is 79.0 cm³/mol. The Bertz CT molecular complexity index is 612. The third kappa shape index (κ3) is 3.17. The number of benzene rings is 1. The number of aryl methyl sites for hydroxylation is 1. The van der Waals surface area contributed by atoms with Crippen molar-refractivity contribution >= 4 is 17.0 Å². The Balaban J connectivity index is 2.24. The van der Waals surface area contributed by atoms with E-state index < -0.39 is 0 Å². The van der Waals surface area contributed by atoms with Crippen LogP contribution in [0, 0.1) is 17.0 Å². The minimum atomic E-state index is -0.367. The summed E-state index contributed by atoms with van der Waals surface area (Å²) < 4.78 is 0. The highest BCUT2D eigenvalue weighted by Gasteiger charge is 2.16. The molecule has 1 N–H and O–H groups in total. The van der Waals surface area contributed by atoms with Gasteiger partial charge in [0, 0.05) is 23.6 Å². The molecule has 0 saturated heterocycles. The van der Waals surface area contributed by atoms with Crippen LogP contribution in [0.2, 0.25) is 0 Å². The van der Waals surface area contributed by atoms with E-state index in [4.69, 9.17) is 0 Å². The van der Waals surface area contributed by atoms with Crippen LogP contribution in [0.3, 0.4) is 0 Å². The molecule has 20 heavy (non-hydrogen) atoms. The second kappa shape index (κ2) is 6.53. The summed E-state index contributed by atoms with van der Waals surface area (Å²) in [4.78, 5) is 10.6. The van der Waals surface area contributed by atoms with Crippen molar-refractivity contribution in [3.05, 3.63) is 38.9 Å². The molecule has 2 rings (SSSR count). The van der Waals surface area contributed by atoms with Crippen molar-refractivity contribution < 1.29 is 4.92 Å². The fourth-order valence-electron chi connectivity index (χ4n) is 1.93. The summed E-state index contributed by atoms with van der Waals surface area (Å²) in [6.45, 7) is 2.68. The zero-order valence-corrected chi connectivity index (χ0v) is 12.2. The van der Waals surface area contributed by atoms with Gasteiger partial charge in [-0.15, -0.1) is 10.2 Å². The SMILES string of the molecule is CNCCCc1nnc(-c2cccc([N+](=O)[O-])c2C)s1. The molecule has 0 saturated carbocycles. The van der Waals surface area contributed by atoms with Gasteiger partial charge in [-0.1, -0.05) is 23.5 Å². The zero-order chi connectivity index (χ0) is 14.5. The van der Waals surface area contributed by atoms with Crippen LogP contribution in [0.15, 0.2) is 18.2 Å². The average Bonchev–Trinajstić information content (AvgIpc) is 2.87. The van der Waals surface area contributed by atoms with Gasteiger partial charge >= 0.3 is 0 Å². The molecule has 0 radical (unpaired) electrons. The molecule has 1 heterocycles. The number of hydrogen-bond acceptors (Lipinski definition) is 6. The molecule has 0 bridgehead atoms. The standard InChI is InChI=1S/C13H16N4O2S/c1-9-10(5-3-6-11(9)17(18)19)13-16-15-12(20-13)7-4-8-14-2/h3,5-6,14H,4,7-8H2,1-2H3. The van der Waals surface area contributed by atoms with E-state index in [9.17, 15) is 10.1 Å². The fourth-order valence-corrected chi connectivity index (χ4v) is 2.90. The molecule has 6 nitrogen and oxygen atoms in total. The lowest BCUT2D eigenvalue weighted by atomic mass is 10.1. The lowest BCUT2D eigenvalue weighted by Crippen LogP contribution is -2.08. The highest BCUT2D eigenvalue weighted by molar-refractivity contribution is 7.14. The van der Waals surface area contributed by atoms with Crippen LogP contribution < -0.4 is 5.32 Å². The van der Waals surface area contributed by atoms with Gasteiger partial charge in [0.25, 0.3) is 5.69 Å². The Hall–Kier alpha value is -1.86. The van der Waals surface area contributed by atoms with E-state index in [1.807, 2.05) is 13.1 Å². The number of rotatable bonds is 6. The summed E-state index contributed by atoms with van der Waals surface area (Å²) in [7, 11) is 1.91. The van der Waals surface area contributed by atoms with Crippen molar-refractivity contribution in [2.75, 3.05) is 13.6 Å². The third-order valence-electron chi connectivity index (χ3n) is 3.02. The van der Waals surface area contributed by atoms with Crippen LogP contribution in [0.1, 0.15) is 17.0 Å². The van der Waals surface area contributed by atoms with Crippen molar-refractivity contribution in [2.24, 2.45) is 0 Å². The van der Waals surface area contributed by atoms with Crippen LogP contribution in [-0.4, -0.2) is 28.7 Å². The van der Waals surface area contributed by atoms with Crippen LogP contribution in [0.25, 0.3) is 10.6 Å². The van der Waals surface area contributed by atoms with E-state index in [2.05, 4.69) is 15.5 Å². The maximum absolute atomic E-state index is 11.0. The number of nitro benzene ring substituents is 1. The largest absolute Gasteiger partial charge is 0.320 e. The van der Waals surface area contributed by atoms with Crippen molar-refractivity contribution in [1.82, 2.24) is 15.5 Å². The molecule has 0 aliphatic carbocycles. The Morgan fingerprint density at radius 1 is 1.40 bits per heavy atom. The van der Waals surface area contributed by atoms with Crippen LogP contribution in [0.4, 0.5) is 5.69 Å². The molecule has 2 aromatic rings. The molecule has 7 heteroatoms. The van der Waals surface area contributed by atoms with E-state index in [1.54, 1.807) is 13.0 Å². The second-order valence-electron chi connectivity index (χ2n) is 4.41. The summed E-state index contributed by atoms with van der Waals surface area (Å²) >= 11 is 1.50. The van der Waals surface area contributed by atoms with Gasteiger partial charge < -0.3 is 5.32 Å². The molecule has 0 fully saturated rings. The summed E-state index contributed by atoms with van der Waals surface area (Å²) in [5, 5.41) is 24.0. The Kier molecular flexibility index (Phi) is 4.75. The number of nitrogens with one attached hydrogen (secondary N) is 1. The van der Waals surface area contributed by atoms with Gasteiger partial charge in [-0.25, -0.2) is 0 Å². The maximum atomic E-state index is 11.0. The molecule has 0 spiro atoms. The summed E-state index contributed by atoms with van der Waals surface area (Å²) in [5.41, 5.74) is 1.54. The Labute approximate surface area is 121 Å². The quantitative estimate of drug-likeness (QED) is 0.503. The molecule has 0 unspecified atom stereocenters. The number of nitrogens with zero attached hydrogens (tertiary/aromatic N) is 3. The van der Waals surface area contributed by atoms with Gasteiger partial charge in [-0.05, 0) is 26.9 Å². The third-order valence-corrected chi connectivity index (χ3v) is 4.03. The maximum Gasteiger partial charge on any atom is 0.273 e. The van der Waals surface area contributed by atoms with Gasteiger partial charge in [-0.3, -0.25) is 10.1 Å². The van der Waals surface area contributed by atoms with Crippen LogP contribution in [0.5, 0.6) is 0 Å². The molecule has 0 aliphatic rings. The van der Waals surface area contributed by atoms with Gasteiger partial charge in [0.15, 0.2) is 0 Å². The van der Waals surface area contributed by atoms with Gasteiger partial charge in [0.1, 0.15) is 10.0 Å². The summed E-state index contributed by atoms with van der Waals surface area (Å²) in [6.07, 6.45) is 1.87. The summed E-state index contributed by atoms with van der Waals surface area (Å²) in [5.74, 6) is 0. The molecular formula is C13H16N4O2S. The lowest BCUT2D eigenvalue weighted by Gasteiger charge is -2.01. The van der Waals surface area contributed by atoms with E-state index in [-0.39, 0.29) is 10.6 Å². The average molecular weight is 292 g/mol. The fraction of sp³-hybridized carbons (Fsp3) is 0.385. The normalized spacial score (nSPS) is 10.7. The molecule has 0 atom stereocenters. The predicted octanol–water partition coefficient (Wildman–Crippen LogP) is 2.57. The molecule has 106 valence electrons. The highest BCUT2D eigenvalue weighted by atomic mass is 32.1. The van der Waals surface area contributed by atoms with Crippen LogP contribution >= 0.6 is 11.3 Å². The van der Waals surface area contributed by atoms with Crippen molar-refractivity contribution in [2.45, 2.75) is 19.8 Å². The molecule has 0 aliphatic heterocycles. The molecule has 1 aromatic heterocycles. The van der Waals surface area contributed by atoms with Gasteiger partial charge in [0.05, 0.1) is 4.92 Å². The van der Waals surface area contributed by atoms with Gasteiger partial charge in [0.2, 0.25) is 0 Å². The molecule has 0 amide bonds. The number of nitro groups is 1. The first-order valence-corrected chi connectivity index (χ1v) is 7.16. The first-order chi connectivity index (χ1) is 9.63.